The summed E-state index contributed by atoms with van der Waals surface area (Å²) in [6.07, 6.45) is 3.47. The largest absolute Gasteiger partial charge is 0.326 e. The van der Waals surface area contributed by atoms with Crippen LogP contribution < -0.4 is 11.5 Å². The molecular weight excluding hydrogens is 342 g/mol. The molecule has 0 saturated heterocycles. The number of thiophene rings is 1. The average Bonchev–Trinajstić information content (AvgIpc) is 3.12. The topological polar surface area (TPSA) is 90.7 Å². The second-order valence-corrected chi connectivity index (χ2v) is 7.30. The Morgan fingerprint density at radius 3 is 2.35 bits per heavy atom. The highest BCUT2D eigenvalue weighted by Crippen LogP contribution is 2.36. The van der Waals surface area contributed by atoms with Crippen LogP contribution in [0.15, 0.2) is 60.9 Å². The molecule has 0 fully saturated rings. The zero-order valence-corrected chi connectivity index (χ0v) is 15.1. The molecule has 1 aromatic carbocycles. The molecule has 0 aliphatic rings. The Kier molecular flexibility index (Phi) is 4.46. The second-order valence-electron chi connectivity index (χ2n) is 6.24. The Morgan fingerprint density at radius 1 is 0.923 bits per heavy atom. The zero-order valence-electron chi connectivity index (χ0n) is 14.3. The molecule has 4 aromatic rings. The predicted octanol–water partition coefficient (Wildman–Crippen LogP) is 3.77. The van der Waals surface area contributed by atoms with Crippen molar-refractivity contribution in [2.75, 3.05) is 0 Å². The number of hydrogen-bond acceptors (Lipinski definition) is 6. The summed E-state index contributed by atoms with van der Waals surface area (Å²) in [7, 11) is 0. The van der Waals surface area contributed by atoms with Crippen LogP contribution >= 0.6 is 11.3 Å². The number of hydrogen-bond donors (Lipinski definition) is 2. The number of aromatic nitrogens is 3. The summed E-state index contributed by atoms with van der Waals surface area (Å²) >= 11 is 1.65. The molecule has 0 spiro atoms. The lowest BCUT2D eigenvalue weighted by molar-refractivity contribution is 0.579. The normalized spacial score (nSPS) is 13.7. The van der Waals surface area contributed by atoms with Gasteiger partial charge in [0.05, 0.1) is 22.0 Å². The number of fused-ring (bicyclic) bond motifs is 1. The third-order valence-electron chi connectivity index (χ3n) is 4.28. The van der Waals surface area contributed by atoms with Crippen molar-refractivity contribution in [1.82, 2.24) is 15.0 Å². The van der Waals surface area contributed by atoms with E-state index in [9.17, 15) is 0 Å². The van der Waals surface area contributed by atoms with E-state index in [1.165, 1.54) is 0 Å². The molecule has 3 aromatic heterocycles. The molecule has 26 heavy (non-hydrogen) atoms. The van der Waals surface area contributed by atoms with Crippen molar-refractivity contribution in [3.05, 3.63) is 66.6 Å². The zero-order chi connectivity index (χ0) is 18.1. The summed E-state index contributed by atoms with van der Waals surface area (Å²) in [5, 5.41) is 0. The van der Waals surface area contributed by atoms with Crippen molar-refractivity contribution in [1.29, 1.82) is 0 Å². The van der Waals surface area contributed by atoms with Crippen LogP contribution in [0.1, 0.15) is 18.7 Å². The van der Waals surface area contributed by atoms with Gasteiger partial charge in [-0.3, -0.25) is 4.98 Å². The summed E-state index contributed by atoms with van der Waals surface area (Å²) < 4.78 is 0.992. The van der Waals surface area contributed by atoms with Crippen LogP contribution in [0.5, 0.6) is 0 Å². The van der Waals surface area contributed by atoms with E-state index in [1.54, 1.807) is 23.7 Å². The van der Waals surface area contributed by atoms with Gasteiger partial charge < -0.3 is 11.5 Å². The molecule has 0 amide bonds. The molecule has 2 atom stereocenters. The second kappa shape index (κ2) is 6.92. The average molecular weight is 361 g/mol. The molecule has 4 rings (SSSR count). The lowest BCUT2D eigenvalue weighted by atomic mass is 10.1. The fraction of sp³-hybridized carbons (Fsp3) is 0.150. The van der Waals surface area contributed by atoms with E-state index in [1.807, 2.05) is 37.3 Å². The summed E-state index contributed by atoms with van der Waals surface area (Å²) in [6, 6.07) is 15.6. The van der Waals surface area contributed by atoms with Crippen LogP contribution in [0, 0.1) is 0 Å². The van der Waals surface area contributed by atoms with Gasteiger partial charge in [0.25, 0.3) is 0 Å². The SMILES string of the molecule is CC(N)C(N)c1nc(-c2ccncc2)nc2cc(-c3ccccc3)sc12. The van der Waals surface area contributed by atoms with E-state index in [0.29, 0.717) is 5.82 Å². The van der Waals surface area contributed by atoms with Crippen molar-refractivity contribution in [3.63, 3.8) is 0 Å². The fourth-order valence-corrected chi connectivity index (χ4v) is 3.94. The molecule has 0 aliphatic heterocycles. The molecule has 0 saturated carbocycles. The minimum Gasteiger partial charge on any atom is -0.326 e. The third-order valence-corrected chi connectivity index (χ3v) is 5.47. The summed E-state index contributed by atoms with van der Waals surface area (Å²) in [5.74, 6) is 0.642. The molecule has 4 N–H and O–H groups in total. The minimum atomic E-state index is -0.358. The van der Waals surface area contributed by atoms with Crippen LogP contribution in [0.2, 0.25) is 0 Å². The maximum Gasteiger partial charge on any atom is 0.160 e. The Morgan fingerprint density at radius 2 is 1.65 bits per heavy atom. The van der Waals surface area contributed by atoms with Gasteiger partial charge in [-0.15, -0.1) is 11.3 Å². The van der Waals surface area contributed by atoms with Crippen LogP contribution in [0.4, 0.5) is 0 Å². The van der Waals surface area contributed by atoms with E-state index >= 15 is 0 Å². The lowest BCUT2D eigenvalue weighted by Crippen LogP contribution is -2.32. The fourth-order valence-electron chi connectivity index (χ4n) is 2.80. The first-order valence-electron chi connectivity index (χ1n) is 8.42. The number of benzene rings is 1. The standard InChI is InChI=1S/C20H19N5S/c1-12(21)17(22)18-19-15(11-16(26-19)13-5-3-2-4-6-13)24-20(25-18)14-7-9-23-10-8-14/h2-12,17H,21-22H2,1H3. The molecular formula is C20H19N5S. The molecule has 0 bridgehead atoms. The maximum absolute atomic E-state index is 6.38. The van der Waals surface area contributed by atoms with E-state index in [-0.39, 0.29) is 12.1 Å². The summed E-state index contributed by atoms with van der Waals surface area (Å²) in [5.41, 5.74) is 16.2. The van der Waals surface area contributed by atoms with E-state index < -0.39 is 0 Å². The van der Waals surface area contributed by atoms with Gasteiger partial charge in [0.1, 0.15) is 0 Å². The molecule has 0 radical (unpaired) electrons. The lowest BCUT2D eigenvalue weighted by Gasteiger charge is -2.16. The number of pyridine rings is 1. The number of rotatable bonds is 4. The molecule has 6 heteroatoms. The Balaban J connectivity index is 1.94. The quantitative estimate of drug-likeness (QED) is 0.577. The first kappa shape index (κ1) is 16.8. The minimum absolute atomic E-state index is 0.208. The molecule has 0 aliphatic carbocycles. The Labute approximate surface area is 155 Å². The van der Waals surface area contributed by atoms with Gasteiger partial charge in [-0.05, 0) is 30.7 Å². The number of nitrogens with zero attached hydrogens (tertiary/aromatic N) is 3. The monoisotopic (exact) mass is 361 g/mol. The molecule has 5 nitrogen and oxygen atoms in total. The Hall–Kier alpha value is -2.67. The van der Waals surface area contributed by atoms with Gasteiger partial charge >= 0.3 is 0 Å². The van der Waals surface area contributed by atoms with Gasteiger partial charge in [-0.2, -0.15) is 0 Å². The Bertz CT molecular complexity index is 1030. The molecule has 2 unspecified atom stereocenters. The van der Waals surface area contributed by atoms with E-state index in [4.69, 9.17) is 21.4 Å². The van der Waals surface area contributed by atoms with Crippen molar-refractivity contribution < 1.29 is 0 Å². The van der Waals surface area contributed by atoms with E-state index in [0.717, 1.165) is 31.9 Å². The smallest absolute Gasteiger partial charge is 0.160 e. The van der Waals surface area contributed by atoms with Gasteiger partial charge in [0, 0.05) is 28.9 Å². The predicted molar refractivity (Wildman–Crippen MR) is 107 cm³/mol. The third kappa shape index (κ3) is 3.10. The van der Waals surface area contributed by atoms with Crippen molar-refractivity contribution in [3.8, 4) is 21.8 Å². The van der Waals surface area contributed by atoms with E-state index in [2.05, 4.69) is 23.2 Å². The summed E-state index contributed by atoms with van der Waals surface area (Å²) in [4.78, 5) is 14.7. The van der Waals surface area contributed by atoms with Gasteiger partial charge in [0.2, 0.25) is 0 Å². The highest BCUT2D eigenvalue weighted by molar-refractivity contribution is 7.22. The highest BCUT2D eigenvalue weighted by atomic mass is 32.1. The number of nitrogens with two attached hydrogens (primary N) is 2. The van der Waals surface area contributed by atoms with Crippen LogP contribution in [0.3, 0.4) is 0 Å². The van der Waals surface area contributed by atoms with Crippen LogP contribution in [-0.2, 0) is 0 Å². The summed E-state index contributed by atoms with van der Waals surface area (Å²) in [6.45, 7) is 1.90. The van der Waals surface area contributed by atoms with Crippen molar-refractivity contribution in [2.24, 2.45) is 11.5 Å². The van der Waals surface area contributed by atoms with Crippen LogP contribution in [0.25, 0.3) is 32.0 Å². The molecule has 3 heterocycles. The first-order chi connectivity index (χ1) is 12.6. The van der Waals surface area contributed by atoms with Crippen LogP contribution in [-0.4, -0.2) is 21.0 Å². The van der Waals surface area contributed by atoms with Gasteiger partial charge in [-0.1, -0.05) is 30.3 Å². The van der Waals surface area contributed by atoms with Crippen molar-refractivity contribution in [2.45, 2.75) is 19.0 Å². The first-order valence-corrected chi connectivity index (χ1v) is 9.23. The molecule has 130 valence electrons. The highest BCUT2D eigenvalue weighted by Gasteiger charge is 2.20. The maximum atomic E-state index is 6.38. The van der Waals surface area contributed by atoms with Crippen molar-refractivity contribution >= 4 is 21.6 Å². The van der Waals surface area contributed by atoms with Gasteiger partial charge in [0.15, 0.2) is 5.82 Å². The van der Waals surface area contributed by atoms with Gasteiger partial charge in [-0.25, -0.2) is 9.97 Å².